The van der Waals surface area contributed by atoms with Crippen molar-refractivity contribution in [3.8, 4) is 5.75 Å². The van der Waals surface area contributed by atoms with Crippen LogP contribution in [0.15, 0.2) is 24.3 Å². The molecule has 1 unspecified atom stereocenters. The van der Waals surface area contributed by atoms with Crippen LogP contribution in [0.5, 0.6) is 5.75 Å². The van der Waals surface area contributed by atoms with E-state index in [9.17, 15) is 23.6 Å². The molecule has 3 rings (SSSR count). The number of unbranched alkanes of at least 4 members (excludes halogenated alkanes) is 2. The van der Waals surface area contributed by atoms with Gasteiger partial charge in [-0.15, -0.1) is 0 Å². The van der Waals surface area contributed by atoms with Crippen LogP contribution in [0, 0.1) is 5.92 Å². The normalized spacial score (nSPS) is 20.6. The summed E-state index contributed by atoms with van der Waals surface area (Å²) in [5.41, 5.74) is 2.26. The SMILES string of the molecule is [B][C@H]1C(=O)NC(C(=O)NCC(=O)NCCCCCF)Cc2ccc(cc2)OCCC[C@@H]1C(=O)NO. The van der Waals surface area contributed by atoms with E-state index in [1.807, 2.05) is 0 Å². The molecule has 2 aliphatic heterocycles. The Morgan fingerprint density at radius 3 is 2.54 bits per heavy atom. The molecule has 3 atom stereocenters. The van der Waals surface area contributed by atoms with E-state index in [1.54, 1.807) is 24.3 Å². The van der Waals surface area contributed by atoms with Crippen molar-refractivity contribution in [3.05, 3.63) is 29.8 Å². The van der Waals surface area contributed by atoms with E-state index in [1.165, 1.54) is 5.48 Å². The Bertz CT molecular complexity index is 857. The molecule has 190 valence electrons. The molecule has 12 heteroatoms. The summed E-state index contributed by atoms with van der Waals surface area (Å²) < 4.78 is 17.8. The maximum Gasteiger partial charge on any atom is 0.246 e. The van der Waals surface area contributed by atoms with E-state index >= 15 is 0 Å². The molecule has 0 aliphatic carbocycles. The number of amides is 4. The minimum atomic E-state index is -1.33. The van der Waals surface area contributed by atoms with Gasteiger partial charge in [0.15, 0.2) is 0 Å². The van der Waals surface area contributed by atoms with Crippen LogP contribution in [0.3, 0.4) is 0 Å². The van der Waals surface area contributed by atoms with Gasteiger partial charge in [-0.25, -0.2) is 5.48 Å². The Hall–Kier alpha value is -3.15. The van der Waals surface area contributed by atoms with Crippen LogP contribution < -0.4 is 26.2 Å². The van der Waals surface area contributed by atoms with Crippen molar-refractivity contribution in [2.75, 3.05) is 26.4 Å². The first-order chi connectivity index (χ1) is 16.8. The molecule has 0 aromatic heterocycles. The van der Waals surface area contributed by atoms with Crippen LogP contribution >= 0.6 is 0 Å². The van der Waals surface area contributed by atoms with Gasteiger partial charge < -0.3 is 20.7 Å². The molecule has 0 fully saturated rings. The highest BCUT2D eigenvalue weighted by Gasteiger charge is 2.32. The van der Waals surface area contributed by atoms with E-state index in [2.05, 4.69) is 16.0 Å². The monoisotopic (exact) mass is 490 g/mol. The molecular formula is C23H32BFN4O6. The summed E-state index contributed by atoms with van der Waals surface area (Å²) in [7, 11) is 6.01. The van der Waals surface area contributed by atoms with Gasteiger partial charge in [0.1, 0.15) is 11.8 Å². The Balaban J connectivity index is 2.08. The van der Waals surface area contributed by atoms with E-state index in [0.717, 1.165) is 5.56 Å². The number of rotatable bonds is 9. The first kappa shape index (κ1) is 28.1. The van der Waals surface area contributed by atoms with Crippen molar-refractivity contribution in [1.82, 2.24) is 21.4 Å². The van der Waals surface area contributed by atoms with Gasteiger partial charge in [-0.3, -0.25) is 28.8 Å². The van der Waals surface area contributed by atoms with Crippen LogP contribution in [-0.4, -0.2) is 69.1 Å². The molecule has 5 N–H and O–H groups in total. The van der Waals surface area contributed by atoms with Crippen molar-refractivity contribution in [2.24, 2.45) is 5.92 Å². The third kappa shape index (κ3) is 9.55. The summed E-state index contributed by atoms with van der Waals surface area (Å²) in [6.07, 6.45) is 2.38. The van der Waals surface area contributed by atoms with Gasteiger partial charge in [-0.05, 0) is 49.8 Å². The van der Waals surface area contributed by atoms with Crippen molar-refractivity contribution in [3.63, 3.8) is 0 Å². The quantitative estimate of drug-likeness (QED) is 0.146. The second kappa shape index (κ2) is 15.0. The minimum absolute atomic E-state index is 0.103. The molecule has 1 aromatic rings. The maximum atomic E-state index is 12.9. The van der Waals surface area contributed by atoms with Gasteiger partial charge in [0.05, 0.1) is 27.7 Å². The largest absolute Gasteiger partial charge is 0.494 e. The zero-order valence-electron chi connectivity index (χ0n) is 19.6. The van der Waals surface area contributed by atoms with Crippen molar-refractivity contribution in [1.29, 1.82) is 0 Å². The van der Waals surface area contributed by atoms with Crippen LogP contribution in [-0.2, 0) is 25.6 Å². The second-order valence-electron chi connectivity index (χ2n) is 8.33. The van der Waals surface area contributed by atoms with E-state index in [4.69, 9.17) is 17.8 Å². The fraction of sp³-hybridized carbons (Fsp3) is 0.565. The fourth-order valence-electron chi connectivity index (χ4n) is 3.64. The molecule has 10 nitrogen and oxygen atoms in total. The molecule has 2 bridgehead atoms. The molecule has 2 aliphatic rings. The molecule has 0 saturated carbocycles. The lowest BCUT2D eigenvalue weighted by atomic mass is 9.73. The van der Waals surface area contributed by atoms with Crippen LogP contribution in [0.25, 0.3) is 0 Å². The number of hydrogen-bond donors (Lipinski definition) is 5. The smallest absolute Gasteiger partial charge is 0.246 e. The van der Waals surface area contributed by atoms with E-state index in [0.29, 0.717) is 38.0 Å². The number of fused-ring (bicyclic) bond motifs is 11. The number of ether oxygens (including phenoxy) is 1. The molecule has 2 heterocycles. The number of hydroxylamine groups is 1. The number of hydrogen-bond acceptors (Lipinski definition) is 6. The fourth-order valence-corrected chi connectivity index (χ4v) is 3.64. The lowest BCUT2D eigenvalue weighted by Crippen LogP contribution is -2.51. The zero-order chi connectivity index (χ0) is 25.6. The first-order valence-corrected chi connectivity index (χ1v) is 11.7. The molecule has 2 radical (unpaired) electrons. The summed E-state index contributed by atoms with van der Waals surface area (Å²) in [5, 5.41) is 16.8. The predicted molar refractivity (Wildman–Crippen MR) is 126 cm³/mol. The Morgan fingerprint density at radius 2 is 1.86 bits per heavy atom. The molecule has 35 heavy (non-hydrogen) atoms. The summed E-state index contributed by atoms with van der Waals surface area (Å²) in [6, 6.07) is 5.92. The third-order valence-corrected chi connectivity index (χ3v) is 5.66. The third-order valence-electron chi connectivity index (χ3n) is 5.66. The van der Waals surface area contributed by atoms with Crippen LogP contribution in [0.4, 0.5) is 4.39 Å². The van der Waals surface area contributed by atoms with Gasteiger partial charge in [-0.1, -0.05) is 12.1 Å². The topological polar surface area (TPSA) is 146 Å². The number of carbonyl (C=O) groups is 4. The predicted octanol–water partition coefficient (Wildman–Crippen LogP) is 0.337. The number of alkyl halides is 1. The van der Waals surface area contributed by atoms with Crippen LogP contribution in [0.1, 0.15) is 37.7 Å². The molecular weight excluding hydrogens is 458 g/mol. The minimum Gasteiger partial charge on any atom is -0.494 e. The van der Waals surface area contributed by atoms with Gasteiger partial charge in [0.2, 0.25) is 23.6 Å². The molecule has 0 saturated heterocycles. The van der Waals surface area contributed by atoms with Crippen LogP contribution in [0.2, 0.25) is 5.82 Å². The summed E-state index contributed by atoms with van der Waals surface area (Å²) in [5.74, 6) is -4.34. The lowest BCUT2D eigenvalue weighted by molar-refractivity contribution is -0.137. The van der Waals surface area contributed by atoms with Crippen molar-refractivity contribution in [2.45, 2.75) is 50.4 Å². The number of halogens is 1. The summed E-state index contributed by atoms with van der Waals surface area (Å²) in [6.45, 7) is -0.0527. The van der Waals surface area contributed by atoms with Gasteiger partial charge in [-0.2, -0.15) is 0 Å². The standard InChI is InChI=1S/C23H32BFN4O6/c24-20-17(21(31)29-34)5-4-12-35-16-8-6-15(7-9-16)13-18(28-23(20)33)22(32)27-14-19(30)26-11-3-1-2-10-25/h6-9,17-18,20,34H,1-5,10-14H2,(H,26,30)(H,27,32)(H,28,33)(H,29,31)/t17-,18?,20+/m0/s1. The first-order valence-electron chi connectivity index (χ1n) is 11.7. The van der Waals surface area contributed by atoms with Crippen molar-refractivity contribution < 1.29 is 33.5 Å². The molecule has 4 amide bonds. The molecule has 0 spiro atoms. The Kier molecular flexibility index (Phi) is 12.0. The Morgan fingerprint density at radius 1 is 1.11 bits per heavy atom. The highest BCUT2D eigenvalue weighted by Crippen LogP contribution is 2.23. The van der Waals surface area contributed by atoms with Gasteiger partial charge >= 0.3 is 0 Å². The molecule has 1 aromatic carbocycles. The number of nitrogens with one attached hydrogen (secondary N) is 4. The number of carbonyl (C=O) groups excluding carboxylic acids is 4. The van der Waals surface area contributed by atoms with E-state index < -0.39 is 48.1 Å². The number of benzene rings is 1. The van der Waals surface area contributed by atoms with E-state index in [-0.39, 0.29) is 26.0 Å². The summed E-state index contributed by atoms with van der Waals surface area (Å²) in [4.78, 5) is 49.8. The summed E-state index contributed by atoms with van der Waals surface area (Å²) >= 11 is 0. The average Bonchev–Trinajstić information content (AvgIpc) is 2.86. The maximum absolute atomic E-state index is 12.9. The highest BCUT2D eigenvalue weighted by atomic mass is 19.1. The second-order valence-corrected chi connectivity index (χ2v) is 8.33. The Labute approximate surface area is 205 Å². The van der Waals surface area contributed by atoms with Gasteiger partial charge in [0, 0.05) is 24.7 Å². The average molecular weight is 490 g/mol. The van der Waals surface area contributed by atoms with Gasteiger partial charge in [0.25, 0.3) is 0 Å². The zero-order valence-corrected chi connectivity index (χ0v) is 19.6. The highest BCUT2D eigenvalue weighted by molar-refractivity contribution is 6.25. The van der Waals surface area contributed by atoms with Crippen molar-refractivity contribution >= 4 is 31.5 Å². The lowest BCUT2D eigenvalue weighted by Gasteiger charge is -2.25.